The average Bonchev–Trinajstić information content (AvgIpc) is 2.59. The number of ether oxygens (including phenoxy) is 1. The van der Waals surface area contributed by atoms with Crippen LogP contribution < -0.4 is 5.32 Å². The van der Waals surface area contributed by atoms with E-state index < -0.39 is 0 Å². The van der Waals surface area contributed by atoms with Gasteiger partial charge in [-0.15, -0.1) is 13.2 Å². The minimum absolute atomic E-state index is 0.0843. The fourth-order valence-electron chi connectivity index (χ4n) is 2.23. The van der Waals surface area contributed by atoms with Crippen LogP contribution in [0.25, 0.3) is 0 Å². The van der Waals surface area contributed by atoms with E-state index in [1.807, 2.05) is 37.3 Å². The Hall–Kier alpha value is -2.36. The molecule has 0 radical (unpaired) electrons. The van der Waals surface area contributed by atoms with Crippen LogP contribution in [-0.2, 0) is 14.3 Å². The van der Waals surface area contributed by atoms with E-state index >= 15 is 0 Å². The molecule has 0 aliphatic heterocycles. The van der Waals surface area contributed by atoms with Gasteiger partial charge in [-0.1, -0.05) is 56.3 Å². The fourth-order valence-corrected chi connectivity index (χ4v) is 2.23. The van der Waals surface area contributed by atoms with Gasteiger partial charge >= 0.3 is 5.97 Å². The highest BCUT2D eigenvalue weighted by Crippen LogP contribution is 2.16. The van der Waals surface area contributed by atoms with E-state index in [9.17, 15) is 9.59 Å². The van der Waals surface area contributed by atoms with Crippen LogP contribution in [0.15, 0.2) is 55.6 Å². The maximum Gasteiger partial charge on any atom is 0.309 e. The van der Waals surface area contributed by atoms with Gasteiger partial charge in [-0.25, -0.2) is 0 Å². The first kappa shape index (κ1) is 19.7. The largest absolute Gasteiger partial charge is 0.463 e. The third-order valence-corrected chi connectivity index (χ3v) is 3.80. The number of esters is 1. The van der Waals surface area contributed by atoms with Gasteiger partial charge in [0.25, 0.3) is 0 Å². The molecule has 24 heavy (non-hydrogen) atoms. The quantitative estimate of drug-likeness (QED) is 0.524. The number of hydrogen-bond donors (Lipinski definition) is 1. The van der Waals surface area contributed by atoms with Crippen molar-refractivity contribution in [1.29, 1.82) is 0 Å². The summed E-state index contributed by atoms with van der Waals surface area (Å²) >= 11 is 0. The highest BCUT2D eigenvalue weighted by Gasteiger charge is 2.21. The maximum atomic E-state index is 12.3. The summed E-state index contributed by atoms with van der Waals surface area (Å²) in [6, 6.07) is 9.13. The SMILES string of the molecule is C=CC[C@@H](C)C(=O)OC[C@H](NC(=O)[C@@H](C)CC=C)c1ccccc1. The van der Waals surface area contributed by atoms with Crippen LogP contribution in [0.1, 0.15) is 38.3 Å². The number of rotatable bonds is 10. The molecule has 0 saturated carbocycles. The molecule has 1 aromatic rings. The molecule has 4 nitrogen and oxygen atoms in total. The Bertz CT molecular complexity index is 553. The van der Waals surface area contributed by atoms with Crippen molar-refractivity contribution in [1.82, 2.24) is 5.32 Å². The molecule has 0 heterocycles. The summed E-state index contributed by atoms with van der Waals surface area (Å²) in [5.41, 5.74) is 0.904. The molecule has 1 amide bonds. The molecule has 1 N–H and O–H groups in total. The molecule has 0 spiro atoms. The zero-order valence-corrected chi connectivity index (χ0v) is 14.5. The van der Waals surface area contributed by atoms with Gasteiger partial charge in [0.15, 0.2) is 0 Å². The lowest BCUT2D eigenvalue weighted by molar-refractivity contribution is -0.149. The van der Waals surface area contributed by atoms with Crippen LogP contribution in [0.4, 0.5) is 0 Å². The molecule has 0 aliphatic carbocycles. The number of carbonyl (C=O) groups excluding carboxylic acids is 2. The van der Waals surface area contributed by atoms with E-state index in [2.05, 4.69) is 18.5 Å². The molecule has 0 saturated heterocycles. The number of nitrogens with one attached hydrogen (secondary N) is 1. The average molecular weight is 329 g/mol. The molecule has 0 unspecified atom stereocenters. The summed E-state index contributed by atoms with van der Waals surface area (Å²) in [6.07, 6.45) is 4.58. The fraction of sp³-hybridized carbons (Fsp3) is 0.400. The molecule has 1 aromatic carbocycles. The Morgan fingerprint density at radius 2 is 1.67 bits per heavy atom. The Labute approximate surface area is 144 Å². The van der Waals surface area contributed by atoms with Gasteiger partial charge in [0.1, 0.15) is 6.61 Å². The van der Waals surface area contributed by atoms with Crippen LogP contribution in [-0.4, -0.2) is 18.5 Å². The topological polar surface area (TPSA) is 55.4 Å². The van der Waals surface area contributed by atoms with Crippen LogP contribution in [0.5, 0.6) is 0 Å². The van der Waals surface area contributed by atoms with Crippen molar-refractivity contribution in [2.24, 2.45) is 11.8 Å². The van der Waals surface area contributed by atoms with Gasteiger partial charge < -0.3 is 10.1 Å². The maximum absolute atomic E-state index is 12.3. The predicted octanol–water partition coefficient (Wildman–Crippen LogP) is 3.81. The summed E-state index contributed by atoms with van der Waals surface area (Å²) in [7, 11) is 0. The second-order valence-corrected chi connectivity index (χ2v) is 5.95. The van der Waals surface area contributed by atoms with Gasteiger partial charge in [-0.2, -0.15) is 0 Å². The lowest BCUT2D eigenvalue weighted by Gasteiger charge is -2.22. The van der Waals surface area contributed by atoms with Crippen LogP contribution in [0, 0.1) is 11.8 Å². The molecule has 3 atom stereocenters. The lowest BCUT2D eigenvalue weighted by Crippen LogP contribution is -2.36. The van der Waals surface area contributed by atoms with Crippen molar-refractivity contribution in [2.45, 2.75) is 32.7 Å². The number of amides is 1. The zero-order valence-electron chi connectivity index (χ0n) is 14.5. The highest BCUT2D eigenvalue weighted by molar-refractivity contribution is 5.79. The van der Waals surface area contributed by atoms with E-state index in [-0.39, 0.29) is 36.4 Å². The highest BCUT2D eigenvalue weighted by atomic mass is 16.5. The standard InChI is InChI=1S/C20H27NO3/c1-5-10-15(3)19(22)21-18(17-12-8-7-9-13-17)14-24-20(23)16(4)11-6-2/h5-9,12-13,15-16,18H,1-2,10-11,14H2,3-4H3,(H,21,22)/t15-,16+,18-/m0/s1. The summed E-state index contributed by atoms with van der Waals surface area (Å²) < 4.78 is 5.39. The van der Waals surface area contributed by atoms with E-state index in [4.69, 9.17) is 4.74 Å². The summed E-state index contributed by atoms with van der Waals surface area (Å²) in [5.74, 6) is -0.790. The number of benzene rings is 1. The van der Waals surface area contributed by atoms with Crippen molar-refractivity contribution < 1.29 is 14.3 Å². The first-order valence-electron chi connectivity index (χ1n) is 8.23. The summed E-state index contributed by atoms with van der Waals surface area (Å²) in [5, 5.41) is 2.96. The van der Waals surface area contributed by atoms with Gasteiger partial charge in [0, 0.05) is 5.92 Å². The van der Waals surface area contributed by atoms with Gasteiger partial charge in [0.2, 0.25) is 5.91 Å². The van der Waals surface area contributed by atoms with Crippen molar-refractivity contribution in [2.75, 3.05) is 6.61 Å². The summed E-state index contributed by atoms with van der Waals surface area (Å²) in [4.78, 5) is 24.3. The van der Waals surface area contributed by atoms with E-state index in [0.717, 1.165) is 5.56 Å². The normalized spacial score (nSPS) is 14.1. The van der Waals surface area contributed by atoms with Gasteiger partial charge in [-0.3, -0.25) is 9.59 Å². The van der Waals surface area contributed by atoms with Crippen molar-refractivity contribution >= 4 is 11.9 Å². The third kappa shape index (κ3) is 6.41. The second kappa shape index (κ2) is 10.4. The lowest BCUT2D eigenvalue weighted by atomic mass is 10.0. The molecule has 1 rings (SSSR count). The Morgan fingerprint density at radius 1 is 1.08 bits per heavy atom. The van der Waals surface area contributed by atoms with Gasteiger partial charge in [0.05, 0.1) is 12.0 Å². The molecule has 130 valence electrons. The Balaban J connectivity index is 2.76. The van der Waals surface area contributed by atoms with Gasteiger partial charge in [-0.05, 0) is 18.4 Å². The van der Waals surface area contributed by atoms with Crippen LogP contribution in [0.3, 0.4) is 0 Å². The second-order valence-electron chi connectivity index (χ2n) is 5.95. The monoisotopic (exact) mass is 329 g/mol. The summed E-state index contributed by atoms with van der Waals surface area (Å²) in [6.45, 7) is 11.0. The minimum Gasteiger partial charge on any atom is -0.463 e. The Kier molecular flexibility index (Phi) is 8.55. The number of hydrogen-bond acceptors (Lipinski definition) is 3. The van der Waals surface area contributed by atoms with Crippen molar-refractivity contribution in [3.05, 3.63) is 61.2 Å². The zero-order chi connectivity index (χ0) is 17.9. The van der Waals surface area contributed by atoms with Crippen LogP contribution >= 0.6 is 0 Å². The van der Waals surface area contributed by atoms with E-state index in [1.54, 1.807) is 19.1 Å². The molecule has 4 heteroatoms. The van der Waals surface area contributed by atoms with E-state index in [0.29, 0.717) is 12.8 Å². The predicted molar refractivity (Wildman–Crippen MR) is 96.2 cm³/mol. The molecule has 0 aromatic heterocycles. The van der Waals surface area contributed by atoms with Crippen LogP contribution in [0.2, 0.25) is 0 Å². The van der Waals surface area contributed by atoms with Crippen molar-refractivity contribution in [3.63, 3.8) is 0 Å². The molecule has 0 bridgehead atoms. The van der Waals surface area contributed by atoms with E-state index in [1.165, 1.54) is 0 Å². The minimum atomic E-state index is -0.370. The first-order valence-corrected chi connectivity index (χ1v) is 8.23. The third-order valence-electron chi connectivity index (χ3n) is 3.80. The molecular weight excluding hydrogens is 302 g/mol. The molecule has 0 fully saturated rings. The number of carbonyl (C=O) groups is 2. The number of allylic oxidation sites excluding steroid dienone is 2. The molecular formula is C20H27NO3. The molecule has 0 aliphatic rings. The Morgan fingerprint density at radius 3 is 2.25 bits per heavy atom. The van der Waals surface area contributed by atoms with Crippen molar-refractivity contribution in [3.8, 4) is 0 Å². The first-order chi connectivity index (χ1) is 11.5. The smallest absolute Gasteiger partial charge is 0.309 e.